The third kappa shape index (κ3) is 15.0. The lowest BCUT2D eigenvalue weighted by atomic mass is 9.81. The molecule has 0 aromatic heterocycles. The molecule has 23 heteroatoms. The number of rotatable bonds is 14. The van der Waals surface area contributed by atoms with E-state index in [4.69, 9.17) is 28.0 Å². The van der Waals surface area contributed by atoms with Gasteiger partial charge in [0.1, 0.15) is 0 Å². The second-order valence-electron chi connectivity index (χ2n) is 28.7. The van der Waals surface area contributed by atoms with Gasteiger partial charge in [-0.2, -0.15) is 0 Å². The number of nitrogens with one attached hydrogen (secondary N) is 6. The molecule has 5 aliphatic carbocycles. The van der Waals surface area contributed by atoms with E-state index in [0.717, 1.165) is 35.3 Å². The lowest BCUT2D eigenvalue weighted by molar-refractivity contribution is -0.115. The van der Waals surface area contributed by atoms with Crippen molar-refractivity contribution in [1.29, 1.82) is 0 Å². The van der Waals surface area contributed by atoms with Crippen LogP contribution < -0.4 is 54.2 Å². The third-order valence-electron chi connectivity index (χ3n) is 21.1. The lowest BCUT2D eigenvalue weighted by Crippen LogP contribution is -2.28. The van der Waals surface area contributed by atoms with Crippen LogP contribution >= 0.6 is 0 Å². The summed E-state index contributed by atoms with van der Waals surface area (Å²) in [4.78, 5) is 117. The van der Waals surface area contributed by atoms with Gasteiger partial charge in [-0.25, -0.2) is 13.1 Å². The van der Waals surface area contributed by atoms with Gasteiger partial charge in [-0.05, 0) is 154 Å². The highest BCUT2D eigenvalue weighted by Gasteiger charge is 2.39. The van der Waals surface area contributed by atoms with Crippen molar-refractivity contribution in [3.63, 3.8) is 0 Å². The fourth-order valence-corrected chi connectivity index (χ4v) is 16.4. The molecule has 11 aromatic carbocycles. The molecule has 15 N–H and O–H groups in total. The molecule has 1 fully saturated rings. The van der Waals surface area contributed by atoms with E-state index in [9.17, 15) is 51.6 Å². The summed E-state index contributed by atoms with van der Waals surface area (Å²) in [5, 5.41) is 25.0. The summed E-state index contributed by atoms with van der Waals surface area (Å²) in [7, 11) is -3.87. The summed E-state index contributed by atoms with van der Waals surface area (Å²) in [6.07, 6.45) is 6.22. The zero-order valence-electron chi connectivity index (χ0n) is 63.8. The van der Waals surface area contributed by atoms with Crippen molar-refractivity contribution in [2.45, 2.75) is 97.9 Å². The summed E-state index contributed by atoms with van der Waals surface area (Å²) in [6.45, 7) is 12.1. The molecule has 0 heterocycles. The molecule has 5 aliphatic rings. The van der Waals surface area contributed by atoms with Crippen LogP contribution in [0.3, 0.4) is 0 Å². The van der Waals surface area contributed by atoms with Gasteiger partial charge < -0.3 is 54.6 Å². The van der Waals surface area contributed by atoms with Gasteiger partial charge in [0.25, 0.3) is 0 Å². The van der Waals surface area contributed by atoms with Crippen molar-refractivity contribution < 1.29 is 56.7 Å². The minimum Gasteiger partial charge on any atom is -0.398 e. The Morgan fingerprint density at radius 2 is 0.702 bits per heavy atom. The van der Waals surface area contributed by atoms with Crippen LogP contribution in [0.1, 0.15) is 206 Å². The molecule has 0 bridgehead atoms. The van der Waals surface area contributed by atoms with E-state index in [1.165, 1.54) is 25.3 Å². The van der Waals surface area contributed by atoms with Crippen LogP contribution in [0.5, 0.6) is 0 Å². The Bertz CT molecular complexity index is 6030. The molecule has 0 atom stereocenters. The molecule has 11 aromatic rings. The highest BCUT2D eigenvalue weighted by atomic mass is 32.2. The number of sulfonamides is 1. The van der Waals surface area contributed by atoms with Crippen molar-refractivity contribution in [1.82, 2.24) is 4.72 Å². The number of aryl methyl sites for hydroxylation is 5. The maximum atomic E-state index is 13.4. The number of amides is 1. The van der Waals surface area contributed by atoms with Gasteiger partial charge in [0.2, 0.25) is 15.9 Å². The third-order valence-corrected chi connectivity index (χ3v) is 22.7. The lowest BCUT2D eigenvalue weighted by Gasteiger charge is -2.28. The predicted octanol–water partition coefficient (Wildman–Crippen LogP) is 15.6. The molecular weight excluding hydrogens is 1460 g/mol. The Morgan fingerprint density at radius 3 is 1.08 bits per heavy atom. The van der Waals surface area contributed by atoms with Crippen LogP contribution in [-0.2, 0) is 14.8 Å². The second kappa shape index (κ2) is 32.5. The van der Waals surface area contributed by atoms with Gasteiger partial charge in [0.05, 0.1) is 73.1 Å². The standard InChI is InChI=1S/C25H25N3O5S.C24H21N3O3.C21H22N2O2.C21H16N2O2/c1-13-10-16(12-20(15(13)3)34(32,33)27-8-9-29)28-19-11-14(2)23(26)22-21(19)24(30)17-6-4-5-7-18(17)25(22)31;1-3-19(28)27-15-8-6-7-14(12-15)26-18-11-13(2)22(25)21-20(18)23(29)16-9-4-5-10-17(16)24(21)30;2*1-12-11-16(23-13-7-3-2-4-8-13)17-18(19(12)22)21(25)15-10-6-5-9-14(15)20(17)24/h4-7,10-12,27-29H,8-9,26H2,1-3H3;4-12,26H,3,25H2,1-2H3,(H,27,28);5-6,9-11,13,23H,2-4,7-8,22H2,1H3;2-11,23H,22H2,1H3. The molecule has 16 rings (SSSR count). The van der Waals surface area contributed by atoms with Crippen LogP contribution in [0.15, 0.2) is 193 Å². The summed E-state index contributed by atoms with van der Waals surface area (Å²) < 4.78 is 27.9. The number of aliphatic hydroxyl groups excluding tert-OH is 1. The number of hydrogen-bond acceptors (Lipinski definition) is 20. The van der Waals surface area contributed by atoms with E-state index in [0.29, 0.717) is 153 Å². The number of benzene rings is 11. The summed E-state index contributed by atoms with van der Waals surface area (Å²) in [5.41, 5.74) is 40.5. The van der Waals surface area contributed by atoms with Crippen molar-refractivity contribution in [3.05, 3.63) is 310 Å². The van der Waals surface area contributed by atoms with Crippen molar-refractivity contribution in [2.24, 2.45) is 0 Å². The molecule has 0 spiro atoms. The van der Waals surface area contributed by atoms with E-state index in [2.05, 4.69) is 31.3 Å². The van der Waals surface area contributed by atoms with Crippen LogP contribution in [0.25, 0.3) is 0 Å². The molecule has 0 radical (unpaired) electrons. The van der Waals surface area contributed by atoms with Crippen LogP contribution in [0, 0.1) is 41.5 Å². The number of nitrogens with two attached hydrogens (primary N) is 4. The number of nitrogen functional groups attached to an aromatic ring is 4. The van der Waals surface area contributed by atoms with E-state index < -0.39 is 10.0 Å². The predicted molar refractivity (Wildman–Crippen MR) is 446 cm³/mol. The zero-order chi connectivity index (χ0) is 81.3. The maximum Gasteiger partial charge on any atom is 0.240 e. The van der Waals surface area contributed by atoms with Crippen molar-refractivity contribution >= 4 is 130 Å². The fourth-order valence-electron chi connectivity index (χ4n) is 15.0. The van der Waals surface area contributed by atoms with E-state index in [1.54, 1.807) is 168 Å². The number of carbonyl (C=O) groups is 9. The first-order chi connectivity index (χ1) is 54.6. The SMILES string of the molecule is CCC(=O)Nc1cccc(Nc2cc(C)c(N)c3c2C(=O)c2ccccc2C3=O)c1.Cc1cc(NC2CCCCC2)c2c(c1N)C(=O)c1ccccc1C2=O.Cc1cc(Nc2cc(C)c(N)c3c2C(=O)c2ccccc2C3=O)cc(S(=O)(=O)NCCO)c1C.Cc1cc(Nc2ccccc2)c2c(c1N)C(=O)c1ccccc1C2=O. The normalized spacial score (nSPS) is 13.6. The monoisotopic (exact) mass is 1540 g/mol. The molecule has 22 nitrogen and oxygen atoms in total. The van der Waals surface area contributed by atoms with Crippen LogP contribution in [0.2, 0.25) is 0 Å². The van der Waals surface area contributed by atoms with Crippen LogP contribution in [0.4, 0.5) is 68.2 Å². The smallest absolute Gasteiger partial charge is 0.240 e. The second-order valence-corrected chi connectivity index (χ2v) is 30.4. The molecule has 0 unspecified atom stereocenters. The average Bonchev–Trinajstić information content (AvgIpc) is 0.759. The number of hydrogen-bond donors (Lipinski definition) is 11. The van der Waals surface area contributed by atoms with Gasteiger partial charge in [-0.1, -0.05) is 148 Å². The molecule has 1 amide bonds. The first kappa shape index (κ1) is 78.6. The summed E-state index contributed by atoms with van der Waals surface area (Å²) in [5.74, 6) is -1.92. The minimum absolute atomic E-state index is 0.0530. The molecule has 576 valence electrons. The van der Waals surface area contributed by atoms with Gasteiger partial charge in [-0.3, -0.25) is 43.2 Å². The first-order valence-corrected chi connectivity index (χ1v) is 38.8. The average molecular weight is 1540 g/mol. The van der Waals surface area contributed by atoms with Crippen molar-refractivity contribution in [3.8, 4) is 0 Å². The largest absolute Gasteiger partial charge is 0.398 e. The Hall–Kier alpha value is -13.5. The van der Waals surface area contributed by atoms with Gasteiger partial charge in [0.15, 0.2) is 46.3 Å². The quantitative estimate of drug-likeness (QED) is 0.0450. The van der Waals surface area contributed by atoms with Crippen LogP contribution in [-0.4, -0.2) is 84.9 Å². The zero-order valence-corrected chi connectivity index (χ0v) is 64.6. The highest BCUT2D eigenvalue weighted by Crippen LogP contribution is 2.44. The minimum atomic E-state index is -3.87. The van der Waals surface area contributed by atoms with Crippen molar-refractivity contribution in [2.75, 3.05) is 62.7 Å². The maximum absolute atomic E-state index is 13.4. The Labute approximate surface area is 659 Å². The number of para-hydroxylation sites is 1. The molecule has 0 aliphatic heterocycles. The number of ketones is 8. The number of carbonyl (C=O) groups excluding carboxylic acids is 9. The molecule has 0 saturated heterocycles. The molecule has 1 saturated carbocycles. The Kier molecular flexibility index (Phi) is 22.4. The topological polar surface area (TPSA) is 384 Å². The van der Waals surface area contributed by atoms with Gasteiger partial charge in [-0.15, -0.1) is 0 Å². The Morgan fingerprint density at radius 1 is 0.377 bits per heavy atom. The van der Waals surface area contributed by atoms with E-state index in [1.807, 2.05) is 62.4 Å². The number of aliphatic hydroxyl groups is 1. The van der Waals surface area contributed by atoms with Gasteiger partial charge in [0, 0.05) is 115 Å². The highest BCUT2D eigenvalue weighted by molar-refractivity contribution is 7.89. The number of anilines is 12. The first-order valence-electron chi connectivity index (χ1n) is 37.3. The molecule has 114 heavy (non-hydrogen) atoms. The van der Waals surface area contributed by atoms with Gasteiger partial charge >= 0.3 is 0 Å². The Balaban J connectivity index is 0.000000134. The molecular formula is C91H84N10O12S. The fraction of sp³-hybridized carbons (Fsp3) is 0.176. The summed E-state index contributed by atoms with van der Waals surface area (Å²) >= 11 is 0. The number of fused-ring (bicyclic) bond motifs is 8. The van der Waals surface area contributed by atoms with E-state index >= 15 is 0 Å². The summed E-state index contributed by atoms with van der Waals surface area (Å²) in [6, 6.07) is 54.7. The van der Waals surface area contributed by atoms with E-state index in [-0.39, 0.29) is 98.2 Å².